The SMILES string of the molecule is Cl.NCC1=NOC(COc2ccccc2-c2ccccc2)C1. The summed E-state index contributed by atoms with van der Waals surface area (Å²) in [7, 11) is 0. The maximum atomic E-state index is 5.93. The zero-order valence-corrected chi connectivity index (χ0v) is 13.0. The van der Waals surface area contributed by atoms with Gasteiger partial charge in [-0.3, -0.25) is 0 Å². The molecule has 0 radical (unpaired) electrons. The van der Waals surface area contributed by atoms with E-state index in [1.54, 1.807) is 0 Å². The van der Waals surface area contributed by atoms with Gasteiger partial charge in [0.2, 0.25) is 0 Å². The molecule has 0 saturated heterocycles. The van der Waals surface area contributed by atoms with E-state index in [1.165, 1.54) is 0 Å². The molecule has 1 unspecified atom stereocenters. The highest BCUT2D eigenvalue weighted by molar-refractivity contribution is 5.87. The molecule has 0 spiro atoms. The number of benzene rings is 2. The zero-order chi connectivity index (χ0) is 14.5. The van der Waals surface area contributed by atoms with Crippen LogP contribution in [0.1, 0.15) is 6.42 Å². The maximum absolute atomic E-state index is 5.93. The van der Waals surface area contributed by atoms with Crippen molar-refractivity contribution >= 4 is 18.1 Å². The van der Waals surface area contributed by atoms with Gasteiger partial charge in [0.1, 0.15) is 12.4 Å². The number of ether oxygens (including phenoxy) is 1. The van der Waals surface area contributed by atoms with Crippen molar-refractivity contribution in [2.75, 3.05) is 13.2 Å². The number of rotatable bonds is 5. The lowest BCUT2D eigenvalue weighted by molar-refractivity contribution is 0.0472. The minimum Gasteiger partial charge on any atom is -0.489 e. The Bertz CT molecular complexity index is 632. The molecule has 2 aromatic carbocycles. The van der Waals surface area contributed by atoms with E-state index in [2.05, 4.69) is 23.4 Å². The van der Waals surface area contributed by atoms with Gasteiger partial charge < -0.3 is 15.3 Å². The van der Waals surface area contributed by atoms with E-state index in [0.717, 1.165) is 29.0 Å². The Kier molecular flexibility index (Phi) is 5.81. The first-order valence-corrected chi connectivity index (χ1v) is 7.05. The number of nitrogens with zero attached hydrogens (tertiary/aromatic N) is 1. The molecule has 0 amide bonds. The first kappa shape index (κ1) is 16.3. The molecule has 1 aliphatic rings. The van der Waals surface area contributed by atoms with Crippen LogP contribution in [0.15, 0.2) is 59.8 Å². The van der Waals surface area contributed by atoms with Gasteiger partial charge in [-0.1, -0.05) is 53.7 Å². The van der Waals surface area contributed by atoms with E-state index in [9.17, 15) is 0 Å². The van der Waals surface area contributed by atoms with Crippen LogP contribution in [0.3, 0.4) is 0 Å². The second-order valence-corrected chi connectivity index (χ2v) is 4.97. The molecule has 0 fully saturated rings. The summed E-state index contributed by atoms with van der Waals surface area (Å²) >= 11 is 0. The Morgan fingerprint density at radius 3 is 2.55 bits per heavy atom. The van der Waals surface area contributed by atoms with E-state index >= 15 is 0 Å². The lowest BCUT2D eigenvalue weighted by atomic mass is 10.0. The van der Waals surface area contributed by atoms with Crippen molar-refractivity contribution in [2.24, 2.45) is 10.9 Å². The van der Waals surface area contributed by atoms with Crippen LogP contribution in [-0.4, -0.2) is 25.0 Å². The summed E-state index contributed by atoms with van der Waals surface area (Å²) in [5, 5.41) is 3.94. The number of nitrogens with two attached hydrogens (primary N) is 1. The summed E-state index contributed by atoms with van der Waals surface area (Å²) in [6, 6.07) is 18.2. The topological polar surface area (TPSA) is 56.8 Å². The number of hydrogen-bond donors (Lipinski definition) is 1. The molecular weight excluding hydrogens is 300 g/mol. The normalized spacial score (nSPS) is 16.4. The molecule has 22 heavy (non-hydrogen) atoms. The average Bonchev–Trinajstić information content (AvgIpc) is 3.02. The minimum absolute atomic E-state index is 0. The lowest BCUT2D eigenvalue weighted by Gasteiger charge is -2.14. The smallest absolute Gasteiger partial charge is 0.166 e. The van der Waals surface area contributed by atoms with Crippen LogP contribution in [0.2, 0.25) is 0 Å². The van der Waals surface area contributed by atoms with Gasteiger partial charge in [0, 0.05) is 18.5 Å². The van der Waals surface area contributed by atoms with Gasteiger partial charge in [-0.25, -0.2) is 0 Å². The summed E-state index contributed by atoms with van der Waals surface area (Å²) in [6.45, 7) is 0.911. The highest BCUT2D eigenvalue weighted by Gasteiger charge is 2.21. The standard InChI is InChI=1S/C17H18N2O2.ClH/c18-11-14-10-15(21-19-14)12-20-17-9-5-4-8-16(17)13-6-2-1-3-7-13;/h1-9,15H,10-12,18H2;1H. The Balaban J connectivity index is 0.00000176. The van der Waals surface area contributed by atoms with Crippen molar-refractivity contribution in [3.63, 3.8) is 0 Å². The molecule has 5 heteroatoms. The Hall–Kier alpha value is -2.04. The fourth-order valence-corrected chi connectivity index (χ4v) is 2.33. The van der Waals surface area contributed by atoms with Gasteiger partial charge in [0.05, 0.1) is 5.71 Å². The monoisotopic (exact) mass is 318 g/mol. The molecule has 0 aliphatic carbocycles. The van der Waals surface area contributed by atoms with Crippen LogP contribution in [0.5, 0.6) is 5.75 Å². The quantitative estimate of drug-likeness (QED) is 0.920. The van der Waals surface area contributed by atoms with Crippen LogP contribution >= 0.6 is 12.4 Å². The number of hydrogen-bond acceptors (Lipinski definition) is 4. The van der Waals surface area contributed by atoms with Gasteiger partial charge in [0.15, 0.2) is 6.10 Å². The summed E-state index contributed by atoms with van der Waals surface area (Å²) in [5.74, 6) is 0.855. The van der Waals surface area contributed by atoms with Crippen molar-refractivity contribution in [3.05, 3.63) is 54.6 Å². The van der Waals surface area contributed by atoms with Crippen LogP contribution in [-0.2, 0) is 4.84 Å². The van der Waals surface area contributed by atoms with Crippen molar-refractivity contribution in [1.29, 1.82) is 0 Å². The Morgan fingerprint density at radius 1 is 1.09 bits per heavy atom. The van der Waals surface area contributed by atoms with Crippen LogP contribution in [0, 0.1) is 0 Å². The first-order valence-electron chi connectivity index (χ1n) is 7.05. The predicted molar refractivity (Wildman–Crippen MR) is 90.6 cm³/mol. The van der Waals surface area contributed by atoms with Gasteiger partial charge in [-0.05, 0) is 11.6 Å². The van der Waals surface area contributed by atoms with Crippen LogP contribution in [0.4, 0.5) is 0 Å². The van der Waals surface area contributed by atoms with Crippen molar-refractivity contribution < 1.29 is 9.57 Å². The fraction of sp³-hybridized carbons (Fsp3) is 0.235. The Labute approximate surface area is 136 Å². The van der Waals surface area contributed by atoms with E-state index in [4.69, 9.17) is 15.3 Å². The largest absolute Gasteiger partial charge is 0.489 e. The minimum atomic E-state index is -0.0487. The van der Waals surface area contributed by atoms with Gasteiger partial charge in [-0.15, -0.1) is 12.4 Å². The third-order valence-electron chi connectivity index (χ3n) is 3.43. The van der Waals surface area contributed by atoms with E-state index in [0.29, 0.717) is 13.2 Å². The highest BCUT2D eigenvalue weighted by atomic mass is 35.5. The van der Waals surface area contributed by atoms with Crippen molar-refractivity contribution in [1.82, 2.24) is 0 Å². The lowest BCUT2D eigenvalue weighted by Crippen LogP contribution is -2.20. The van der Waals surface area contributed by atoms with Gasteiger partial charge in [0.25, 0.3) is 0 Å². The Morgan fingerprint density at radius 2 is 1.82 bits per heavy atom. The molecule has 0 aromatic heterocycles. The average molecular weight is 319 g/mol. The molecule has 1 aliphatic heterocycles. The third-order valence-corrected chi connectivity index (χ3v) is 3.43. The van der Waals surface area contributed by atoms with Gasteiger partial charge in [-0.2, -0.15) is 0 Å². The second kappa shape index (κ2) is 7.82. The van der Waals surface area contributed by atoms with Gasteiger partial charge >= 0.3 is 0 Å². The molecule has 0 bridgehead atoms. The van der Waals surface area contributed by atoms with E-state index in [-0.39, 0.29) is 18.5 Å². The molecule has 0 saturated carbocycles. The molecule has 1 heterocycles. The molecule has 116 valence electrons. The van der Waals surface area contributed by atoms with Crippen molar-refractivity contribution in [3.8, 4) is 16.9 Å². The van der Waals surface area contributed by atoms with Crippen LogP contribution in [0.25, 0.3) is 11.1 Å². The maximum Gasteiger partial charge on any atom is 0.166 e. The molecule has 2 N–H and O–H groups in total. The summed E-state index contributed by atoms with van der Waals surface area (Å²) < 4.78 is 5.93. The first-order chi connectivity index (χ1) is 10.4. The molecule has 3 rings (SSSR count). The summed E-state index contributed by atoms with van der Waals surface area (Å²) in [5.41, 5.74) is 8.66. The molecule has 2 aromatic rings. The second-order valence-electron chi connectivity index (χ2n) is 4.97. The highest BCUT2D eigenvalue weighted by Crippen LogP contribution is 2.29. The van der Waals surface area contributed by atoms with E-state index in [1.807, 2.05) is 36.4 Å². The van der Waals surface area contributed by atoms with Crippen LogP contribution < -0.4 is 10.5 Å². The predicted octanol–water partition coefficient (Wildman–Crippen LogP) is 3.26. The molecular formula is C17H19ClN2O2. The summed E-state index contributed by atoms with van der Waals surface area (Å²) in [4.78, 5) is 5.31. The number of para-hydroxylation sites is 1. The third kappa shape index (κ3) is 3.78. The number of oxime groups is 1. The molecule has 1 atom stereocenters. The van der Waals surface area contributed by atoms with Crippen molar-refractivity contribution in [2.45, 2.75) is 12.5 Å². The number of halogens is 1. The molecule has 4 nitrogen and oxygen atoms in total. The zero-order valence-electron chi connectivity index (χ0n) is 12.1. The van der Waals surface area contributed by atoms with E-state index < -0.39 is 0 Å². The summed E-state index contributed by atoms with van der Waals surface area (Å²) in [6.07, 6.45) is 0.691. The fourth-order valence-electron chi connectivity index (χ4n) is 2.33.